The topological polar surface area (TPSA) is 85.3 Å². The van der Waals surface area contributed by atoms with Gasteiger partial charge in [0.05, 0.1) is 11.6 Å². The fraction of sp³-hybridized carbons (Fsp3) is 0.200. The predicted molar refractivity (Wildman–Crippen MR) is 141 cm³/mol. The van der Waals surface area contributed by atoms with E-state index >= 15 is 0 Å². The summed E-state index contributed by atoms with van der Waals surface area (Å²) >= 11 is 0. The second-order valence-electron chi connectivity index (χ2n) is 8.45. The molecule has 0 bridgehead atoms. The minimum Gasteiger partial charge on any atom is -0.507 e. The van der Waals surface area contributed by atoms with Crippen molar-refractivity contribution in [2.24, 2.45) is 0 Å². The highest BCUT2D eigenvalue weighted by Gasteiger charge is 2.45. The highest BCUT2D eigenvalue weighted by atomic mass is 16.5. The third kappa shape index (κ3) is 5.90. The number of para-hydroxylation sites is 1. The van der Waals surface area contributed by atoms with Crippen molar-refractivity contribution >= 4 is 17.4 Å². The number of carbonyl (C=O) groups excluding carboxylic acids is 2. The van der Waals surface area contributed by atoms with Crippen LogP contribution in [0.2, 0.25) is 0 Å². The lowest BCUT2D eigenvalue weighted by Crippen LogP contribution is -2.31. The average molecular weight is 500 g/mol. The molecule has 0 aliphatic carbocycles. The van der Waals surface area contributed by atoms with Gasteiger partial charge in [0.25, 0.3) is 11.7 Å². The fourth-order valence-corrected chi connectivity index (χ4v) is 4.23. The number of ether oxygens (including phenoxy) is 3. The third-order valence-electron chi connectivity index (χ3n) is 5.94. The number of methoxy groups -OCH3 is 1. The van der Waals surface area contributed by atoms with Crippen LogP contribution in [-0.4, -0.2) is 48.6 Å². The van der Waals surface area contributed by atoms with Crippen LogP contribution in [0.4, 0.5) is 0 Å². The molecule has 7 nitrogen and oxygen atoms in total. The zero-order chi connectivity index (χ0) is 26.2. The molecule has 0 radical (unpaired) electrons. The van der Waals surface area contributed by atoms with Gasteiger partial charge in [0.1, 0.15) is 29.6 Å². The van der Waals surface area contributed by atoms with E-state index < -0.39 is 17.7 Å². The molecule has 0 aromatic heterocycles. The monoisotopic (exact) mass is 499 g/mol. The van der Waals surface area contributed by atoms with E-state index in [-0.39, 0.29) is 17.9 Å². The van der Waals surface area contributed by atoms with Crippen molar-refractivity contribution in [1.82, 2.24) is 4.90 Å². The zero-order valence-corrected chi connectivity index (χ0v) is 20.6. The van der Waals surface area contributed by atoms with Gasteiger partial charge in [-0.25, -0.2) is 0 Å². The number of nitrogens with zero attached hydrogens (tertiary/aromatic N) is 1. The molecule has 1 fully saturated rings. The molecule has 4 rings (SSSR count). The molecule has 0 spiro atoms. The molecule has 37 heavy (non-hydrogen) atoms. The van der Waals surface area contributed by atoms with Crippen LogP contribution in [0, 0.1) is 0 Å². The van der Waals surface area contributed by atoms with E-state index in [1.807, 2.05) is 36.4 Å². The molecule has 1 saturated heterocycles. The first kappa shape index (κ1) is 25.7. The fourth-order valence-electron chi connectivity index (χ4n) is 4.23. The first-order valence-electron chi connectivity index (χ1n) is 12.0. The Kier molecular flexibility index (Phi) is 8.38. The molecule has 1 N–H and O–H groups in total. The number of ketones is 1. The van der Waals surface area contributed by atoms with Crippen LogP contribution < -0.4 is 9.47 Å². The van der Waals surface area contributed by atoms with Crippen molar-refractivity contribution < 1.29 is 28.9 Å². The summed E-state index contributed by atoms with van der Waals surface area (Å²) in [5.74, 6) is 0.160. The van der Waals surface area contributed by atoms with Crippen LogP contribution in [0.5, 0.6) is 17.2 Å². The van der Waals surface area contributed by atoms with Crippen molar-refractivity contribution in [3.8, 4) is 17.2 Å². The number of likely N-dealkylation sites (tertiary alicyclic amines) is 1. The average Bonchev–Trinajstić information content (AvgIpc) is 3.18. The van der Waals surface area contributed by atoms with E-state index in [1.165, 1.54) is 4.90 Å². The predicted octanol–water partition coefficient (Wildman–Crippen LogP) is 5.50. The number of hydrogen-bond acceptors (Lipinski definition) is 6. The quantitative estimate of drug-likeness (QED) is 0.123. The normalized spacial score (nSPS) is 16.6. The third-order valence-corrected chi connectivity index (χ3v) is 5.94. The number of amides is 1. The molecule has 1 aliphatic rings. The Morgan fingerprint density at radius 3 is 2.41 bits per heavy atom. The van der Waals surface area contributed by atoms with Gasteiger partial charge in [0.2, 0.25) is 0 Å². The Hall–Kier alpha value is -4.36. The maximum absolute atomic E-state index is 13.2. The van der Waals surface area contributed by atoms with Gasteiger partial charge in [-0.05, 0) is 60.5 Å². The van der Waals surface area contributed by atoms with Gasteiger partial charge in [-0.15, -0.1) is 0 Å². The Bertz CT molecular complexity index is 1280. The van der Waals surface area contributed by atoms with Gasteiger partial charge in [0, 0.05) is 25.8 Å². The molecule has 1 unspecified atom stereocenters. The Balaban J connectivity index is 1.74. The molecule has 3 aromatic carbocycles. The summed E-state index contributed by atoms with van der Waals surface area (Å²) in [6.45, 7) is 4.69. The number of rotatable bonds is 11. The van der Waals surface area contributed by atoms with E-state index in [9.17, 15) is 14.7 Å². The number of aliphatic hydroxyl groups excluding tert-OH is 1. The summed E-state index contributed by atoms with van der Waals surface area (Å²) in [5.41, 5.74) is 1.08. The summed E-state index contributed by atoms with van der Waals surface area (Å²) in [7, 11) is 1.58. The first-order chi connectivity index (χ1) is 18.0. The standard InChI is InChI=1S/C30H29NO6/c1-3-18-36-23-15-13-21(14-16-23)28(32)26-27(31(17-8-19-35-2)30(34)29(26)33)22-9-7-12-25(20-22)37-24-10-5-4-6-11-24/h3-7,9-16,20,27,32H,1,8,17-19H2,2H3/b28-26-. The molecule has 3 aromatic rings. The molecular formula is C30H29NO6. The molecule has 0 saturated carbocycles. The van der Waals surface area contributed by atoms with E-state index in [1.54, 1.807) is 55.7 Å². The SMILES string of the molecule is C=CCOc1ccc(/C(O)=C2/C(=O)C(=O)N(CCCOC)C2c2cccc(Oc3ccccc3)c2)cc1. The van der Waals surface area contributed by atoms with Crippen molar-refractivity contribution in [3.05, 3.63) is 108 Å². The Morgan fingerprint density at radius 1 is 0.973 bits per heavy atom. The second-order valence-corrected chi connectivity index (χ2v) is 8.45. The van der Waals surface area contributed by atoms with Crippen LogP contribution in [0.1, 0.15) is 23.6 Å². The van der Waals surface area contributed by atoms with Crippen LogP contribution in [0.15, 0.2) is 97.1 Å². The molecule has 1 aliphatic heterocycles. The Morgan fingerprint density at radius 2 is 1.70 bits per heavy atom. The summed E-state index contributed by atoms with van der Waals surface area (Å²) < 4.78 is 16.6. The van der Waals surface area contributed by atoms with Gasteiger partial charge in [-0.3, -0.25) is 9.59 Å². The zero-order valence-electron chi connectivity index (χ0n) is 20.6. The molecular weight excluding hydrogens is 470 g/mol. The molecule has 7 heteroatoms. The van der Waals surface area contributed by atoms with Crippen molar-refractivity contribution in [1.29, 1.82) is 0 Å². The van der Waals surface area contributed by atoms with Gasteiger partial charge >= 0.3 is 0 Å². The van der Waals surface area contributed by atoms with Gasteiger partial charge < -0.3 is 24.2 Å². The summed E-state index contributed by atoms with van der Waals surface area (Å²) in [6, 6.07) is 22.4. The van der Waals surface area contributed by atoms with Crippen molar-refractivity contribution in [3.63, 3.8) is 0 Å². The first-order valence-corrected chi connectivity index (χ1v) is 12.0. The van der Waals surface area contributed by atoms with E-state index in [0.29, 0.717) is 48.0 Å². The van der Waals surface area contributed by atoms with E-state index in [2.05, 4.69) is 6.58 Å². The number of carbonyl (C=O) groups is 2. The smallest absolute Gasteiger partial charge is 0.295 e. The lowest BCUT2D eigenvalue weighted by atomic mass is 9.95. The lowest BCUT2D eigenvalue weighted by molar-refractivity contribution is -0.140. The molecule has 190 valence electrons. The molecule has 1 atom stereocenters. The minimum absolute atomic E-state index is 0.0269. The highest BCUT2D eigenvalue weighted by molar-refractivity contribution is 6.46. The van der Waals surface area contributed by atoms with E-state index in [4.69, 9.17) is 14.2 Å². The van der Waals surface area contributed by atoms with E-state index in [0.717, 1.165) is 0 Å². The van der Waals surface area contributed by atoms with Gasteiger partial charge in [0.15, 0.2) is 0 Å². The molecule has 1 amide bonds. The Labute approximate surface area is 216 Å². The minimum atomic E-state index is -0.784. The van der Waals surface area contributed by atoms with Crippen LogP contribution in [-0.2, 0) is 14.3 Å². The largest absolute Gasteiger partial charge is 0.507 e. The number of benzene rings is 3. The number of hydrogen-bond donors (Lipinski definition) is 1. The van der Waals surface area contributed by atoms with Crippen LogP contribution >= 0.6 is 0 Å². The number of aliphatic hydroxyl groups is 1. The van der Waals surface area contributed by atoms with Crippen LogP contribution in [0.25, 0.3) is 5.76 Å². The maximum atomic E-state index is 13.2. The molecule has 1 heterocycles. The van der Waals surface area contributed by atoms with Crippen molar-refractivity contribution in [2.45, 2.75) is 12.5 Å². The van der Waals surface area contributed by atoms with Crippen LogP contribution in [0.3, 0.4) is 0 Å². The second kappa shape index (κ2) is 12.1. The maximum Gasteiger partial charge on any atom is 0.295 e. The number of Topliss-reactive ketones (excluding diaryl/α,β-unsaturated/α-hetero) is 1. The highest BCUT2D eigenvalue weighted by Crippen LogP contribution is 2.40. The van der Waals surface area contributed by atoms with Crippen molar-refractivity contribution in [2.75, 3.05) is 26.9 Å². The van der Waals surface area contributed by atoms with Gasteiger partial charge in [-0.1, -0.05) is 43.0 Å². The van der Waals surface area contributed by atoms with Gasteiger partial charge in [-0.2, -0.15) is 0 Å². The lowest BCUT2D eigenvalue weighted by Gasteiger charge is -2.25. The summed E-state index contributed by atoms with van der Waals surface area (Å²) in [5, 5.41) is 11.3. The summed E-state index contributed by atoms with van der Waals surface area (Å²) in [4.78, 5) is 27.8. The summed E-state index contributed by atoms with van der Waals surface area (Å²) in [6.07, 6.45) is 2.17.